The van der Waals surface area contributed by atoms with Crippen LogP contribution in [-0.2, 0) is 14.3 Å². The number of hydrogen-bond acceptors (Lipinski definition) is 5. The Kier molecular flexibility index (Phi) is 8.22. The van der Waals surface area contributed by atoms with Gasteiger partial charge in [0.1, 0.15) is 5.54 Å². The van der Waals surface area contributed by atoms with E-state index in [-0.39, 0.29) is 12.0 Å². The molecule has 0 fully saturated rings. The Morgan fingerprint density at radius 3 is 2.26 bits per heavy atom. The first-order chi connectivity index (χ1) is 8.82. The van der Waals surface area contributed by atoms with Gasteiger partial charge in [-0.1, -0.05) is 0 Å². The van der Waals surface area contributed by atoms with E-state index in [1.54, 1.807) is 14.2 Å². The van der Waals surface area contributed by atoms with Crippen molar-refractivity contribution in [3.05, 3.63) is 0 Å². The largest absolute Gasteiger partial charge is 0.468 e. The molecule has 0 bridgehead atoms. The van der Waals surface area contributed by atoms with Gasteiger partial charge < -0.3 is 14.8 Å². The van der Waals surface area contributed by atoms with Gasteiger partial charge in [0.05, 0.1) is 13.7 Å². The molecule has 0 aromatic carbocycles. The second kappa shape index (κ2) is 8.51. The lowest BCUT2D eigenvalue weighted by atomic mass is 9.92. The molecule has 0 radical (unpaired) electrons. The molecule has 5 nitrogen and oxygen atoms in total. The Morgan fingerprint density at radius 2 is 1.89 bits per heavy atom. The number of carbonyl (C=O) groups is 1. The number of likely N-dealkylation sites (N-methyl/N-ethyl adjacent to an activating group) is 1. The van der Waals surface area contributed by atoms with Crippen molar-refractivity contribution in [2.75, 3.05) is 34.4 Å². The minimum absolute atomic E-state index is 0.225. The summed E-state index contributed by atoms with van der Waals surface area (Å²) in [5.74, 6) is -0.225. The first-order valence-corrected chi connectivity index (χ1v) is 6.84. The summed E-state index contributed by atoms with van der Waals surface area (Å²) in [6.45, 7) is 9.87. The van der Waals surface area contributed by atoms with Crippen LogP contribution in [0.15, 0.2) is 0 Å². The highest BCUT2D eigenvalue weighted by atomic mass is 16.5. The number of methoxy groups -OCH3 is 2. The fourth-order valence-corrected chi connectivity index (χ4v) is 2.41. The lowest BCUT2D eigenvalue weighted by Gasteiger charge is -2.37. The maximum Gasteiger partial charge on any atom is 0.325 e. The van der Waals surface area contributed by atoms with Crippen molar-refractivity contribution in [2.45, 2.75) is 51.7 Å². The van der Waals surface area contributed by atoms with Gasteiger partial charge in [-0.3, -0.25) is 9.69 Å². The van der Waals surface area contributed by atoms with Gasteiger partial charge in [-0.15, -0.1) is 0 Å². The Hall–Kier alpha value is -0.650. The first kappa shape index (κ1) is 18.4. The molecule has 114 valence electrons. The van der Waals surface area contributed by atoms with E-state index in [0.717, 1.165) is 6.54 Å². The normalized spacial score (nSPS) is 16.5. The number of nitrogens with zero attached hydrogens (tertiary/aromatic N) is 1. The molecule has 0 aliphatic rings. The summed E-state index contributed by atoms with van der Waals surface area (Å²) in [6.07, 6.45) is 0.693. The first-order valence-electron chi connectivity index (χ1n) is 6.84. The predicted molar refractivity (Wildman–Crippen MR) is 77.3 cm³/mol. The number of esters is 1. The van der Waals surface area contributed by atoms with E-state index in [9.17, 15) is 4.79 Å². The number of carbonyl (C=O) groups excluding carboxylic acids is 1. The molecular formula is C14H30N2O3. The Bertz CT molecular complexity index is 271. The average Bonchev–Trinajstić information content (AvgIpc) is 2.37. The van der Waals surface area contributed by atoms with E-state index in [1.165, 1.54) is 7.11 Å². The van der Waals surface area contributed by atoms with Crippen LogP contribution in [0, 0.1) is 0 Å². The second-order valence-electron chi connectivity index (χ2n) is 5.45. The molecule has 0 heterocycles. The molecule has 0 rings (SSSR count). The minimum atomic E-state index is -0.658. The van der Waals surface area contributed by atoms with Crippen LogP contribution in [0.1, 0.15) is 34.1 Å². The zero-order valence-electron chi connectivity index (χ0n) is 13.4. The van der Waals surface area contributed by atoms with Gasteiger partial charge in [0, 0.05) is 25.7 Å². The number of hydrogen-bond donors (Lipinski definition) is 1. The molecule has 2 unspecified atom stereocenters. The standard InChI is InChI=1S/C14H30N2O3/c1-11(2)16(8-9-18-6)12(3)10-14(4,15-5)13(17)19-7/h11-12,15H,8-10H2,1-7H3. The van der Waals surface area contributed by atoms with E-state index >= 15 is 0 Å². The molecule has 0 aromatic rings. The molecule has 0 spiro atoms. The van der Waals surface area contributed by atoms with E-state index in [4.69, 9.17) is 9.47 Å². The van der Waals surface area contributed by atoms with Crippen molar-refractivity contribution in [3.8, 4) is 0 Å². The third-order valence-electron chi connectivity index (χ3n) is 3.67. The molecule has 0 aliphatic heterocycles. The molecule has 0 aromatic heterocycles. The maximum absolute atomic E-state index is 11.9. The Morgan fingerprint density at radius 1 is 1.32 bits per heavy atom. The quantitative estimate of drug-likeness (QED) is 0.642. The van der Waals surface area contributed by atoms with Gasteiger partial charge in [0.2, 0.25) is 0 Å². The summed E-state index contributed by atoms with van der Waals surface area (Å²) in [5, 5.41) is 3.08. The van der Waals surface area contributed by atoms with E-state index in [0.29, 0.717) is 19.1 Å². The number of ether oxygens (including phenoxy) is 2. The van der Waals surface area contributed by atoms with Crippen LogP contribution < -0.4 is 5.32 Å². The molecule has 0 aliphatic carbocycles. The van der Waals surface area contributed by atoms with Crippen molar-refractivity contribution in [3.63, 3.8) is 0 Å². The average molecular weight is 274 g/mol. The topological polar surface area (TPSA) is 50.8 Å². The third kappa shape index (κ3) is 5.47. The van der Waals surface area contributed by atoms with Gasteiger partial charge in [0.25, 0.3) is 0 Å². The van der Waals surface area contributed by atoms with Crippen LogP contribution in [0.3, 0.4) is 0 Å². The fourth-order valence-electron chi connectivity index (χ4n) is 2.41. The second-order valence-corrected chi connectivity index (χ2v) is 5.45. The van der Waals surface area contributed by atoms with Crippen LogP contribution in [0.5, 0.6) is 0 Å². The minimum Gasteiger partial charge on any atom is -0.468 e. The third-order valence-corrected chi connectivity index (χ3v) is 3.67. The van der Waals surface area contributed by atoms with E-state index in [2.05, 4.69) is 31.0 Å². The van der Waals surface area contributed by atoms with Crippen molar-refractivity contribution in [1.29, 1.82) is 0 Å². The Labute approximate surface area is 117 Å². The van der Waals surface area contributed by atoms with Crippen molar-refractivity contribution in [2.24, 2.45) is 0 Å². The molecule has 0 saturated heterocycles. The van der Waals surface area contributed by atoms with Crippen LogP contribution in [0.2, 0.25) is 0 Å². The van der Waals surface area contributed by atoms with Crippen LogP contribution in [0.4, 0.5) is 0 Å². The van der Waals surface area contributed by atoms with Gasteiger partial charge in [-0.05, 0) is 41.2 Å². The summed E-state index contributed by atoms with van der Waals surface area (Å²) in [6, 6.07) is 0.663. The molecule has 0 amide bonds. The maximum atomic E-state index is 11.9. The van der Waals surface area contributed by atoms with E-state index < -0.39 is 5.54 Å². The Balaban J connectivity index is 4.76. The van der Waals surface area contributed by atoms with Gasteiger partial charge >= 0.3 is 5.97 Å². The summed E-state index contributed by atoms with van der Waals surface area (Å²) in [5.41, 5.74) is -0.658. The zero-order chi connectivity index (χ0) is 15.1. The summed E-state index contributed by atoms with van der Waals surface area (Å²) >= 11 is 0. The number of rotatable bonds is 9. The smallest absolute Gasteiger partial charge is 0.325 e. The highest BCUT2D eigenvalue weighted by Gasteiger charge is 2.36. The van der Waals surface area contributed by atoms with Crippen molar-refractivity contribution in [1.82, 2.24) is 10.2 Å². The predicted octanol–water partition coefficient (Wildman–Crippen LogP) is 1.27. The lowest BCUT2D eigenvalue weighted by Crippen LogP contribution is -2.53. The molecule has 19 heavy (non-hydrogen) atoms. The zero-order valence-corrected chi connectivity index (χ0v) is 13.4. The lowest BCUT2D eigenvalue weighted by molar-refractivity contribution is -0.148. The summed E-state index contributed by atoms with van der Waals surface area (Å²) in [4.78, 5) is 14.2. The monoisotopic (exact) mass is 274 g/mol. The summed E-state index contributed by atoms with van der Waals surface area (Å²) in [7, 11) is 4.92. The molecular weight excluding hydrogens is 244 g/mol. The van der Waals surface area contributed by atoms with Gasteiger partial charge in [0.15, 0.2) is 0 Å². The van der Waals surface area contributed by atoms with Crippen molar-refractivity contribution >= 4 is 5.97 Å². The van der Waals surface area contributed by atoms with Crippen LogP contribution in [0.25, 0.3) is 0 Å². The summed E-state index contributed by atoms with van der Waals surface area (Å²) < 4.78 is 10.0. The molecule has 1 N–H and O–H groups in total. The van der Waals surface area contributed by atoms with Crippen molar-refractivity contribution < 1.29 is 14.3 Å². The van der Waals surface area contributed by atoms with E-state index in [1.807, 2.05) is 6.92 Å². The van der Waals surface area contributed by atoms with Gasteiger partial charge in [-0.25, -0.2) is 0 Å². The SMILES string of the molecule is CNC(C)(CC(C)N(CCOC)C(C)C)C(=O)OC. The highest BCUT2D eigenvalue weighted by molar-refractivity contribution is 5.80. The molecule has 0 saturated carbocycles. The van der Waals surface area contributed by atoms with Crippen LogP contribution >= 0.6 is 0 Å². The van der Waals surface area contributed by atoms with Gasteiger partial charge in [-0.2, -0.15) is 0 Å². The number of nitrogens with one attached hydrogen (secondary N) is 1. The van der Waals surface area contributed by atoms with Crippen LogP contribution in [-0.4, -0.2) is 62.9 Å². The fraction of sp³-hybridized carbons (Fsp3) is 0.929. The highest BCUT2D eigenvalue weighted by Crippen LogP contribution is 2.19. The molecule has 5 heteroatoms. The molecule has 2 atom stereocenters.